The van der Waals surface area contributed by atoms with Crippen molar-refractivity contribution in [1.29, 1.82) is 0 Å². The zero-order chi connectivity index (χ0) is 21.3. The zero-order valence-corrected chi connectivity index (χ0v) is 18.8. The van der Waals surface area contributed by atoms with E-state index in [1.165, 1.54) is 11.8 Å². The summed E-state index contributed by atoms with van der Waals surface area (Å²) in [5, 5.41) is 8.41. The summed E-state index contributed by atoms with van der Waals surface area (Å²) in [6.07, 6.45) is 2.33. The van der Waals surface area contributed by atoms with Crippen LogP contribution in [0.15, 0.2) is 54.6 Å². The number of aromatic nitrogens is 1. The SMILES string of the molecule is CN(C)CCCCNc1cc(-c2ccccc2NCCN(C)C)nc2ccccc12. The average Bonchev–Trinajstić information content (AvgIpc) is 2.73. The summed E-state index contributed by atoms with van der Waals surface area (Å²) in [6, 6.07) is 19.0. The van der Waals surface area contributed by atoms with Gasteiger partial charge in [-0.05, 0) is 65.8 Å². The van der Waals surface area contributed by atoms with Crippen LogP contribution in [0.2, 0.25) is 0 Å². The summed E-state index contributed by atoms with van der Waals surface area (Å²) in [5.74, 6) is 0. The quantitative estimate of drug-likeness (QED) is 0.455. The molecule has 1 aromatic heterocycles. The van der Waals surface area contributed by atoms with Crippen molar-refractivity contribution in [3.05, 3.63) is 54.6 Å². The smallest absolute Gasteiger partial charge is 0.0751 e. The second-order valence-electron chi connectivity index (χ2n) is 8.29. The fourth-order valence-corrected chi connectivity index (χ4v) is 3.51. The van der Waals surface area contributed by atoms with E-state index in [0.717, 1.165) is 60.7 Å². The fraction of sp³-hybridized carbons (Fsp3) is 0.400. The van der Waals surface area contributed by atoms with Gasteiger partial charge in [0.1, 0.15) is 0 Å². The van der Waals surface area contributed by atoms with Gasteiger partial charge in [-0.25, -0.2) is 4.98 Å². The molecule has 0 spiro atoms. The normalized spacial score (nSPS) is 11.4. The third kappa shape index (κ3) is 6.18. The molecule has 0 radical (unpaired) electrons. The largest absolute Gasteiger partial charge is 0.384 e. The average molecular weight is 406 g/mol. The molecule has 30 heavy (non-hydrogen) atoms. The first kappa shape index (κ1) is 22.1. The second-order valence-corrected chi connectivity index (χ2v) is 8.29. The Morgan fingerprint density at radius 2 is 1.43 bits per heavy atom. The number of unbranched alkanes of at least 4 members (excludes halogenated alkanes) is 1. The van der Waals surface area contributed by atoms with E-state index >= 15 is 0 Å². The van der Waals surface area contributed by atoms with Crippen LogP contribution in [0, 0.1) is 0 Å². The van der Waals surface area contributed by atoms with E-state index < -0.39 is 0 Å². The van der Waals surface area contributed by atoms with Gasteiger partial charge in [0.15, 0.2) is 0 Å². The van der Waals surface area contributed by atoms with Crippen LogP contribution in [0.4, 0.5) is 11.4 Å². The molecule has 0 bridgehead atoms. The summed E-state index contributed by atoms with van der Waals surface area (Å²) in [6.45, 7) is 3.97. The number of para-hydroxylation sites is 2. The van der Waals surface area contributed by atoms with Gasteiger partial charge in [0.05, 0.1) is 11.2 Å². The molecule has 0 aliphatic heterocycles. The molecule has 1 heterocycles. The minimum Gasteiger partial charge on any atom is -0.384 e. The van der Waals surface area contributed by atoms with Gasteiger partial charge in [-0.1, -0.05) is 36.4 Å². The topological polar surface area (TPSA) is 43.4 Å². The number of nitrogens with zero attached hydrogens (tertiary/aromatic N) is 3. The Kier molecular flexibility index (Phi) is 8.05. The Morgan fingerprint density at radius 3 is 2.23 bits per heavy atom. The number of anilines is 2. The molecule has 0 aliphatic rings. The van der Waals surface area contributed by atoms with Crippen molar-refractivity contribution in [1.82, 2.24) is 14.8 Å². The van der Waals surface area contributed by atoms with E-state index in [-0.39, 0.29) is 0 Å². The molecular formula is C25H35N5. The molecule has 5 heteroatoms. The predicted molar refractivity (Wildman–Crippen MR) is 131 cm³/mol. The highest BCUT2D eigenvalue weighted by molar-refractivity contribution is 5.94. The van der Waals surface area contributed by atoms with Gasteiger partial charge >= 0.3 is 0 Å². The minimum atomic E-state index is 0.897. The molecule has 0 aliphatic carbocycles. The zero-order valence-electron chi connectivity index (χ0n) is 18.8. The van der Waals surface area contributed by atoms with Crippen LogP contribution in [0.5, 0.6) is 0 Å². The Hall–Kier alpha value is -2.63. The molecule has 2 N–H and O–H groups in total. The number of fused-ring (bicyclic) bond motifs is 1. The molecule has 2 aromatic carbocycles. The molecule has 3 rings (SSSR count). The van der Waals surface area contributed by atoms with Crippen LogP contribution in [0.1, 0.15) is 12.8 Å². The molecule has 0 atom stereocenters. The van der Waals surface area contributed by atoms with Crippen LogP contribution in [0.3, 0.4) is 0 Å². The van der Waals surface area contributed by atoms with Crippen LogP contribution >= 0.6 is 0 Å². The molecule has 0 saturated carbocycles. The van der Waals surface area contributed by atoms with Crippen molar-refractivity contribution in [2.45, 2.75) is 12.8 Å². The van der Waals surface area contributed by atoms with E-state index in [4.69, 9.17) is 4.98 Å². The van der Waals surface area contributed by atoms with Crippen molar-refractivity contribution in [3.8, 4) is 11.3 Å². The Morgan fingerprint density at radius 1 is 0.733 bits per heavy atom. The van der Waals surface area contributed by atoms with Crippen molar-refractivity contribution >= 4 is 22.3 Å². The summed E-state index contributed by atoms with van der Waals surface area (Å²) in [7, 11) is 8.43. The first-order valence-electron chi connectivity index (χ1n) is 10.8. The maximum Gasteiger partial charge on any atom is 0.0751 e. The lowest BCUT2D eigenvalue weighted by molar-refractivity contribution is 0.396. The third-order valence-electron chi connectivity index (χ3n) is 5.14. The van der Waals surface area contributed by atoms with Gasteiger partial charge in [0, 0.05) is 42.0 Å². The van der Waals surface area contributed by atoms with Gasteiger partial charge in [0.25, 0.3) is 0 Å². The molecule has 5 nitrogen and oxygen atoms in total. The number of rotatable bonds is 11. The first-order valence-corrected chi connectivity index (χ1v) is 10.8. The molecule has 0 unspecified atom stereocenters. The second kappa shape index (κ2) is 11.0. The fourth-order valence-electron chi connectivity index (χ4n) is 3.51. The van der Waals surface area contributed by atoms with Gasteiger partial charge in [0.2, 0.25) is 0 Å². The Balaban J connectivity index is 1.84. The van der Waals surface area contributed by atoms with Crippen LogP contribution < -0.4 is 10.6 Å². The van der Waals surface area contributed by atoms with Crippen molar-refractivity contribution < 1.29 is 0 Å². The third-order valence-corrected chi connectivity index (χ3v) is 5.14. The van der Waals surface area contributed by atoms with Crippen LogP contribution in [-0.2, 0) is 0 Å². The number of hydrogen-bond donors (Lipinski definition) is 2. The van der Waals surface area contributed by atoms with Gasteiger partial charge < -0.3 is 20.4 Å². The monoisotopic (exact) mass is 405 g/mol. The van der Waals surface area contributed by atoms with Crippen molar-refractivity contribution in [2.75, 3.05) is 65.0 Å². The van der Waals surface area contributed by atoms with Crippen molar-refractivity contribution in [3.63, 3.8) is 0 Å². The maximum atomic E-state index is 4.98. The lowest BCUT2D eigenvalue weighted by atomic mass is 10.1. The summed E-state index contributed by atoms with van der Waals surface area (Å²) in [4.78, 5) is 9.40. The predicted octanol–water partition coefficient (Wildman–Crippen LogP) is 4.63. The van der Waals surface area contributed by atoms with E-state index in [1.54, 1.807) is 0 Å². The molecule has 3 aromatic rings. The molecule has 0 fully saturated rings. The Labute approximate surface area is 181 Å². The van der Waals surface area contributed by atoms with E-state index in [9.17, 15) is 0 Å². The van der Waals surface area contributed by atoms with Gasteiger partial charge in [-0.3, -0.25) is 0 Å². The number of hydrogen-bond acceptors (Lipinski definition) is 5. The molecule has 0 amide bonds. The number of benzene rings is 2. The highest BCUT2D eigenvalue weighted by Crippen LogP contribution is 2.32. The summed E-state index contributed by atoms with van der Waals surface area (Å²) < 4.78 is 0. The molecule has 160 valence electrons. The van der Waals surface area contributed by atoms with E-state index in [2.05, 4.69) is 103 Å². The van der Waals surface area contributed by atoms with E-state index in [0.29, 0.717) is 0 Å². The van der Waals surface area contributed by atoms with Crippen molar-refractivity contribution in [2.24, 2.45) is 0 Å². The standard InChI is InChI=1S/C25H35N5/c1-29(2)17-10-9-15-26-24-19-25(28-23-14-8-6-12-21(23)24)20-11-5-7-13-22(20)27-16-18-30(3)4/h5-8,11-14,19,27H,9-10,15-18H2,1-4H3,(H,26,28). The Bertz CT molecular complexity index is 936. The molecular weight excluding hydrogens is 370 g/mol. The highest BCUT2D eigenvalue weighted by Gasteiger charge is 2.10. The minimum absolute atomic E-state index is 0.897. The highest BCUT2D eigenvalue weighted by atomic mass is 15.1. The number of nitrogens with one attached hydrogen (secondary N) is 2. The van der Waals surface area contributed by atoms with Gasteiger partial charge in [-0.15, -0.1) is 0 Å². The van der Waals surface area contributed by atoms with Gasteiger partial charge in [-0.2, -0.15) is 0 Å². The number of pyridine rings is 1. The lowest BCUT2D eigenvalue weighted by Crippen LogP contribution is -2.21. The van der Waals surface area contributed by atoms with Crippen LogP contribution in [0.25, 0.3) is 22.2 Å². The lowest BCUT2D eigenvalue weighted by Gasteiger charge is -2.16. The summed E-state index contributed by atoms with van der Waals surface area (Å²) >= 11 is 0. The number of likely N-dealkylation sites (N-methyl/N-ethyl adjacent to an activating group) is 1. The maximum absolute atomic E-state index is 4.98. The molecule has 0 saturated heterocycles. The van der Waals surface area contributed by atoms with E-state index in [1.807, 2.05) is 0 Å². The van der Waals surface area contributed by atoms with Crippen LogP contribution in [-0.4, -0.2) is 69.2 Å². The first-order chi connectivity index (χ1) is 14.5. The summed E-state index contributed by atoms with van der Waals surface area (Å²) in [5.41, 5.74) is 5.44.